The minimum absolute atomic E-state index is 0.188. The second-order valence-electron chi connectivity index (χ2n) is 5.52. The maximum Gasteiger partial charge on any atom is 0.187 e. The Labute approximate surface area is 158 Å². The second-order valence-corrected chi connectivity index (χ2v) is 6.40. The number of thioether (sulfide) groups is 1. The number of halogens is 3. The van der Waals surface area contributed by atoms with Gasteiger partial charge in [-0.05, 0) is 36.6 Å². The van der Waals surface area contributed by atoms with Crippen LogP contribution in [0.5, 0.6) is 5.75 Å². The Hall–Kier alpha value is -2.74. The summed E-state index contributed by atoms with van der Waals surface area (Å²) < 4.78 is 46.7. The van der Waals surface area contributed by atoms with Crippen molar-refractivity contribution in [2.24, 2.45) is 0 Å². The van der Waals surface area contributed by atoms with Gasteiger partial charge in [-0.1, -0.05) is 6.07 Å². The highest BCUT2D eigenvalue weighted by molar-refractivity contribution is 7.98. The zero-order chi connectivity index (χ0) is 19.4. The van der Waals surface area contributed by atoms with Crippen LogP contribution in [0.1, 0.15) is 11.2 Å². The predicted molar refractivity (Wildman–Crippen MR) is 101 cm³/mol. The number of pyridine rings is 2. The molecule has 0 fully saturated rings. The zero-order valence-electron chi connectivity index (χ0n) is 14.5. The number of rotatable bonds is 6. The molecule has 0 aliphatic heterocycles. The highest BCUT2D eigenvalue weighted by Gasteiger charge is 2.14. The van der Waals surface area contributed by atoms with Gasteiger partial charge in [0.25, 0.3) is 0 Å². The topological polar surface area (TPSA) is 47.0 Å². The van der Waals surface area contributed by atoms with Crippen molar-refractivity contribution in [3.05, 3.63) is 66.0 Å². The molecule has 2 heterocycles. The van der Waals surface area contributed by atoms with E-state index in [4.69, 9.17) is 4.74 Å². The molecule has 0 aliphatic carbocycles. The van der Waals surface area contributed by atoms with Gasteiger partial charge in [-0.3, -0.25) is 0 Å². The Balaban J connectivity index is 1.95. The Morgan fingerprint density at radius 3 is 2.63 bits per heavy atom. The van der Waals surface area contributed by atoms with Crippen LogP contribution in [0.25, 0.3) is 11.1 Å². The monoisotopic (exact) mass is 391 g/mol. The fraction of sp³-hybridized carbons (Fsp3) is 0.158. The zero-order valence-corrected chi connectivity index (χ0v) is 15.4. The SMILES string of the molecule is COc1cc(F)ccc1-c1cc(Nc2cccc(C(F)SC)n2)ncc1F. The van der Waals surface area contributed by atoms with Gasteiger partial charge < -0.3 is 10.1 Å². The van der Waals surface area contributed by atoms with E-state index in [1.807, 2.05) is 0 Å². The molecule has 0 aliphatic rings. The minimum atomic E-state index is -1.24. The predicted octanol–water partition coefficient (Wildman–Crippen LogP) is 5.51. The number of hydrogen-bond donors (Lipinski definition) is 1. The molecule has 1 atom stereocenters. The van der Waals surface area contributed by atoms with E-state index in [9.17, 15) is 13.2 Å². The third kappa shape index (κ3) is 4.33. The largest absolute Gasteiger partial charge is 0.496 e. The third-order valence-corrected chi connectivity index (χ3v) is 4.43. The first-order valence-corrected chi connectivity index (χ1v) is 9.21. The number of ether oxygens (including phenoxy) is 1. The first-order chi connectivity index (χ1) is 13.0. The van der Waals surface area contributed by atoms with Gasteiger partial charge in [0, 0.05) is 17.2 Å². The van der Waals surface area contributed by atoms with E-state index in [1.165, 1.54) is 31.4 Å². The lowest BCUT2D eigenvalue weighted by Crippen LogP contribution is -2.01. The number of alkyl halides is 1. The molecule has 0 saturated heterocycles. The summed E-state index contributed by atoms with van der Waals surface area (Å²) in [5.41, 5.74) is -0.398. The average Bonchev–Trinajstić information content (AvgIpc) is 2.69. The van der Waals surface area contributed by atoms with Gasteiger partial charge in [-0.25, -0.2) is 23.1 Å². The summed E-state index contributed by atoms with van der Waals surface area (Å²) >= 11 is 1.03. The van der Waals surface area contributed by atoms with Crippen molar-refractivity contribution in [2.45, 2.75) is 5.50 Å². The van der Waals surface area contributed by atoms with Crippen LogP contribution in [0, 0.1) is 11.6 Å². The number of hydrogen-bond acceptors (Lipinski definition) is 5. The quantitative estimate of drug-likeness (QED) is 0.601. The number of benzene rings is 1. The van der Waals surface area contributed by atoms with Crippen LogP contribution in [-0.4, -0.2) is 23.3 Å². The van der Waals surface area contributed by atoms with E-state index in [0.29, 0.717) is 17.2 Å². The lowest BCUT2D eigenvalue weighted by molar-refractivity contribution is 0.412. The van der Waals surface area contributed by atoms with Crippen LogP contribution < -0.4 is 10.1 Å². The van der Waals surface area contributed by atoms with Gasteiger partial charge in [-0.15, -0.1) is 11.8 Å². The first-order valence-electron chi connectivity index (χ1n) is 7.92. The molecule has 0 radical (unpaired) electrons. The molecule has 140 valence electrons. The van der Waals surface area contributed by atoms with Crippen molar-refractivity contribution in [3.63, 3.8) is 0 Å². The maximum absolute atomic E-state index is 14.3. The molecule has 0 bridgehead atoms. The molecule has 1 aromatic carbocycles. The van der Waals surface area contributed by atoms with Gasteiger partial charge in [0.15, 0.2) is 5.50 Å². The van der Waals surface area contributed by atoms with Gasteiger partial charge in [0.1, 0.15) is 29.0 Å². The van der Waals surface area contributed by atoms with Gasteiger partial charge >= 0.3 is 0 Å². The van der Waals surface area contributed by atoms with E-state index in [0.717, 1.165) is 18.0 Å². The average molecular weight is 391 g/mol. The molecule has 8 heteroatoms. The molecule has 0 spiro atoms. The number of aromatic nitrogens is 2. The van der Waals surface area contributed by atoms with Crippen LogP contribution in [-0.2, 0) is 0 Å². The molecule has 0 saturated carbocycles. The van der Waals surface area contributed by atoms with Gasteiger partial charge in [0.2, 0.25) is 0 Å². The molecule has 4 nitrogen and oxygen atoms in total. The fourth-order valence-corrected chi connectivity index (χ4v) is 2.87. The van der Waals surface area contributed by atoms with Crippen molar-refractivity contribution in [2.75, 3.05) is 18.7 Å². The van der Waals surface area contributed by atoms with Crippen molar-refractivity contribution in [3.8, 4) is 16.9 Å². The van der Waals surface area contributed by atoms with Crippen molar-refractivity contribution in [1.82, 2.24) is 9.97 Å². The van der Waals surface area contributed by atoms with E-state index in [-0.39, 0.29) is 17.0 Å². The van der Waals surface area contributed by atoms with E-state index in [2.05, 4.69) is 15.3 Å². The van der Waals surface area contributed by atoms with Crippen LogP contribution in [0.15, 0.2) is 48.7 Å². The smallest absolute Gasteiger partial charge is 0.187 e. The Kier molecular flexibility index (Phi) is 5.85. The van der Waals surface area contributed by atoms with E-state index >= 15 is 0 Å². The number of methoxy groups -OCH3 is 1. The summed E-state index contributed by atoms with van der Waals surface area (Å²) in [6.07, 6.45) is 2.69. The van der Waals surface area contributed by atoms with E-state index < -0.39 is 17.1 Å². The van der Waals surface area contributed by atoms with E-state index in [1.54, 1.807) is 24.5 Å². The number of nitrogens with zero attached hydrogens (tertiary/aromatic N) is 2. The highest BCUT2D eigenvalue weighted by atomic mass is 32.2. The molecule has 3 aromatic rings. The molecular formula is C19H16F3N3OS. The Morgan fingerprint density at radius 1 is 1.07 bits per heavy atom. The molecule has 1 unspecified atom stereocenters. The molecular weight excluding hydrogens is 375 g/mol. The van der Waals surface area contributed by atoms with Crippen molar-refractivity contribution < 1.29 is 17.9 Å². The minimum Gasteiger partial charge on any atom is -0.496 e. The maximum atomic E-state index is 14.3. The second kappa shape index (κ2) is 8.30. The highest BCUT2D eigenvalue weighted by Crippen LogP contribution is 2.34. The van der Waals surface area contributed by atoms with Crippen LogP contribution in [0.2, 0.25) is 0 Å². The summed E-state index contributed by atoms with van der Waals surface area (Å²) in [7, 11) is 1.38. The summed E-state index contributed by atoms with van der Waals surface area (Å²) in [5.74, 6) is -0.189. The summed E-state index contributed by atoms with van der Waals surface area (Å²) in [6, 6.07) is 10.2. The molecule has 0 amide bonds. The lowest BCUT2D eigenvalue weighted by Gasteiger charge is -2.12. The summed E-state index contributed by atoms with van der Waals surface area (Å²) in [4.78, 5) is 8.18. The van der Waals surface area contributed by atoms with Crippen LogP contribution in [0.3, 0.4) is 0 Å². The molecule has 2 aromatic heterocycles. The Bertz CT molecular complexity index is 955. The molecule has 3 rings (SSSR count). The van der Waals surface area contributed by atoms with Crippen molar-refractivity contribution >= 4 is 23.4 Å². The van der Waals surface area contributed by atoms with Gasteiger partial charge in [0.05, 0.1) is 19.0 Å². The third-order valence-electron chi connectivity index (χ3n) is 3.78. The van der Waals surface area contributed by atoms with Gasteiger partial charge in [-0.2, -0.15) is 0 Å². The number of anilines is 2. The molecule has 1 N–H and O–H groups in total. The van der Waals surface area contributed by atoms with Crippen molar-refractivity contribution in [1.29, 1.82) is 0 Å². The summed E-state index contributed by atoms with van der Waals surface area (Å²) in [5, 5.41) is 2.93. The normalized spacial score (nSPS) is 11.9. The van der Waals surface area contributed by atoms with Crippen LogP contribution in [0.4, 0.5) is 24.8 Å². The fourth-order valence-electron chi connectivity index (χ4n) is 2.50. The number of nitrogens with one attached hydrogen (secondary N) is 1. The van der Waals surface area contributed by atoms with Crippen LogP contribution >= 0.6 is 11.8 Å². The Morgan fingerprint density at radius 2 is 1.89 bits per heavy atom. The molecule has 27 heavy (non-hydrogen) atoms. The standard InChI is InChI=1S/C19H16F3N3OS/c1-26-16-8-11(20)6-7-12(16)13-9-18(23-10-14(13)21)25-17-5-3-4-15(24-17)19(22)27-2/h3-10,19H,1-2H3,(H,23,24,25). The lowest BCUT2D eigenvalue weighted by atomic mass is 10.0. The summed E-state index contributed by atoms with van der Waals surface area (Å²) in [6.45, 7) is 0. The first kappa shape index (κ1) is 19.0.